The van der Waals surface area contributed by atoms with Gasteiger partial charge in [-0.1, -0.05) is 0 Å². The van der Waals surface area contributed by atoms with Gasteiger partial charge in [-0.3, -0.25) is 29.1 Å². The first-order valence-electron chi connectivity index (χ1n) is 12.3. The largest absolute Gasteiger partial charge is 0.481 e. The number of amides is 1. The monoisotopic (exact) mass is 569 g/mol. The van der Waals surface area contributed by atoms with E-state index in [1.54, 1.807) is 17.0 Å². The van der Waals surface area contributed by atoms with Crippen molar-refractivity contribution in [3.05, 3.63) is 72.8 Å². The molecule has 0 fully saturated rings. The quantitative estimate of drug-likeness (QED) is 0.130. The van der Waals surface area contributed by atoms with Crippen LogP contribution in [0.3, 0.4) is 0 Å². The minimum absolute atomic E-state index is 0.0342. The normalized spacial score (nSPS) is 14.8. The molecule has 0 saturated heterocycles. The molecule has 17 heteroatoms. The van der Waals surface area contributed by atoms with E-state index in [0.717, 1.165) is 0 Å². The van der Waals surface area contributed by atoms with Crippen LogP contribution in [-0.2, 0) is 16.1 Å². The number of aromatic amines is 3. The second kappa shape index (κ2) is 12.1. The minimum Gasteiger partial charge on any atom is -0.481 e. The fourth-order valence-corrected chi connectivity index (χ4v) is 4.25. The van der Waals surface area contributed by atoms with Crippen molar-refractivity contribution in [3.63, 3.8) is 0 Å². The molecule has 4 rings (SSSR count). The highest BCUT2D eigenvalue weighted by atomic mass is 16.4. The van der Waals surface area contributed by atoms with Crippen LogP contribution in [0.1, 0.15) is 28.8 Å². The number of benzene rings is 1. The van der Waals surface area contributed by atoms with Crippen molar-refractivity contribution in [1.82, 2.24) is 25.3 Å². The second-order valence-electron chi connectivity index (χ2n) is 9.16. The summed E-state index contributed by atoms with van der Waals surface area (Å²) in [5.41, 5.74) is 5.01. The van der Waals surface area contributed by atoms with Crippen molar-refractivity contribution in [2.24, 2.45) is 0 Å². The first kappa shape index (κ1) is 28.4. The van der Waals surface area contributed by atoms with Crippen LogP contribution in [-0.4, -0.2) is 73.2 Å². The van der Waals surface area contributed by atoms with E-state index in [9.17, 15) is 33.9 Å². The number of nitrogens with one attached hydrogen (secondary N) is 6. The number of carboxylic acid groups (broad SMARTS) is 2. The molecular formula is C24H27N9O8. The van der Waals surface area contributed by atoms with Crippen molar-refractivity contribution in [2.75, 3.05) is 34.4 Å². The number of aliphatic carboxylic acids is 2. The zero-order chi connectivity index (χ0) is 29.7. The van der Waals surface area contributed by atoms with Gasteiger partial charge >= 0.3 is 17.6 Å². The summed E-state index contributed by atoms with van der Waals surface area (Å²) >= 11 is 0. The zero-order valence-corrected chi connectivity index (χ0v) is 21.4. The van der Waals surface area contributed by atoms with E-state index in [4.69, 9.17) is 10.8 Å². The predicted molar refractivity (Wildman–Crippen MR) is 146 cm³/mol. The van der Waals surface area contributed by atoms with Crippen molar-refractivity contribution < 1.29 is 24.6 Å². The lowest BCUT2D eigenvalue weighted by Gasteiger charge is -2.38. The molecule has 41 heavy (non-hydrogen) atoms. The van der Waals surface area contributed by atoms with Crippen LogP contribution >= 0.6 is 0 Å². The van der Waals surface area contributed by atoms with Crippen molar-refractivity contribution in [1.29, 1.82) is 0 Å². The summed E-state index contributed by atoms with van der Waals surface area (Å²) in [6.45, 7) is 0.539. The Labute approximate surface area is 229 Å². The maximum atomic E-state index is 12.8. The Morgan fingerprint density at radius 1 is 1.10 bits per heavy atom. The van der Waals surface area contributed by atoms with Crippen LogP contribution in [0.15, 0.2) is 44.8 Å². The molecule has 3 heterocycles. The first-order chi connectivity index (χ1) is 19.5. The standard InChI is InChI=1S/C24H27N9O8/c25-23-30-18-17(21(38)31-23)33(10-12-7-28-24(41)32-20(12)37)14(9-27-18)8-26-13-3-1-11(2-4-13)19(36)29-15(22(39)40)5-6-16(34)35/h1-4,7,14-15,26H,5-6,8-10H2,(H,29,36)(H,34,35)(H,39,40)(H2,28,32,37,41)(H4,25,27,30,31,38). The van der Waals surface area contributed by atoms with E-state index in [0.29, 0.717) is 12.2 Å². The topological polar surface area (TPSA) is 268 Å². The number of hydrogen-bond donors (Lipinski definition) is 9. The van der Waals surface area contributed by atoms with E-state index in [1.807, 2.05) is 0 Å². The Balaban J connectivity index is 1.48. The average Bonchev–Trinajstić information content (AvgIpc) is 2.91. The average molecular weight is 570 g/mol. The van der Waals surface area contributed by atoms with Gasteiger partial charge in [0.2, 0.25) is 5.95 Å². The SMILES string of the molecule is Nc1nc2c(c(=O)[nH]1)N(Cc1c[nH]c(=O)[nH]c1=O)C(CNc1ccc(C(=O)NC(CCC(=O)O)C(=O)O)cc1)CN2. The van der Waals surface area contributed by atoms with Crippen molar-refractivity contribution in [2.45, 2.75) is 31.5 Å². The lowest BCUT2D eigenvalue weighted by Crippen LogP contribution is -2.51. The number of rotatable bonds is 11. The van der Waals surface area contributed by atoms with Crippen LogP contribution in [0.2, 0.25) is 0 Å². The van der Waals surface area contributed by atoms with Gasteiger partial charge in [-0.25, -0.2) is 9.59 Å². The molecule has 1 amide bonds. The molecule has 1 aromatic carbocycles. The smallest absolute Gasteiger partial charge is 0.326 e. The number of nitrogens with two attached hydrogens (primary N) is 1. The molecule has 0 bridgehead atoms. The molecule has 0 radical (unpaired) electrons. The Kier molecular flexibility index (Phi) is 8.35. The van der Waals surface area contributed by atoms with Gasteiger partial charge in [0.05, 0.1) is 18.2 Å². The Hall–Kier alpha value is -5.61. The number of aromatic nitrogens is 4. The predicted octanol–water partition coefficient (Wildman–Crippen LogP) is -1.31. The van der Waals surface area contributed by atoms with E-state index in [2.05, 4.69) is 35.9 Å². The summed E-state index contributed by atoms with van der Waals surface area (Å²) in [5, 5.41) is 26.6. The van der Waals surface area contributed by atoms with E-state index in [1.165, 1.54) is 18.3 Å². The molecule has 2 atom stereocenters. The molecule has 1 aliphatic rings. The Morgan fingerprint density at radius 3 is 2.49 bits per heavy atom. The third-order valence-electron chi connectivity index (χ3n) is 6.32. The van der Waals surface area contributed by atoms with Gasteiger partial charge in [0.25, 0.3) is 17.0 Å². The molecule has 10 N–H and O–H groups in total. The number of carboxylic acids is 2. The first-order valence-corrected chi connectivity index (χ1v) is 12.3. The summed E-state index contributed by atoms with van der Waals surface area (Å²) in [6.07, 6.45) is 0.594. The molecule has 1 aliphatic heterocycles. The Morgan fingerprint density at radius 2 is 1.83 bits per heavy atom. The number of anilines is 4. The lowest BCUT2D eigenvalue weighted by molar-refractivity contribution is -0.140. The maximum Gasteiger partial charge on any atom is 0.326 e. The second-order valence-corrected chi connectivity index (χ2v) is 9.16. The molecular weight excluding hydrogens is 542 g/mol. The fraction of sp³-hybridized carbons (Fsp3) is 0.292. The number of hydrogen-bond acceptors (Lipinski definition) is 11. The number of nitrogens with zero attached hydrogens (tertiary/aromatic N) is 2. The number of H-pyrrole nitrogens is 3. The van der Waals surface area contributed by atoms with Crippen LogP contribution in [0.4, 0.5) is 23.1 Å². The lowest BCUT2D eigenvalue weighted by atomic mass is 10.1. The van der Waals surface area contributed by atoms with Gasteiger partial charge in [-0.2, -0.15) is 4.98 Å². The molecule has 0 spiro atoms. The van der Waals surface area contributed by atoms with Crippen LogP contribution < -0.4 is 43.4 Å². The number of carbonyl (C=O) groups excluding carboxylic acids is 1. The number of carbonyl (C=O) groups is 3. The van der Waals surface area contributed by atoms with Crippen molar-refractivity contribution in [3.8, 4) is 0 Å². The van der Waals surface area contributed by atoms with Gasteiger partial charge in [-0.15, -0.1) is 0 Å². The van der Waals surface area contributed by atoms with Crippen LogP contribution in [0.5, 0.6) is 0 Å². The molecule has 17 nitrogen and oxygen atoms in total. The zero-order valence-electron chi connectivity index (χ0n) is 21.4. The summed E-state index contributed by atoms with van der Waals surface area (Å²) in [7, 11) is 0. The van der Waals surface area contributed by atoms with Gasteiger partial charge in [-0.05, 0) is 30.7 Å². The molecule has 2 unspecified atom stereocenters. The highest BCUT2D eigenvalue weighted by molar-refractivity contribution is 5.97. The van der Waals surface area contributed by atoms with Gasteiger partial charge in [0, 0.05) is 37.0 Å². The fourth-order valence-electron chi connectivity index (χ4n) is 4.25. The van der Waals surface area contributed by atoms with E-state index >= 15 is 0 Å². The summed E-state index contributed by atoms with van der Waals surface area (Å²) < 4.78 is 0. The summed E-state index contributed by atoms with van der Waals surface area (Å²) in [5.74, 6) is -3.04. The minimum atomic E-state index is -1.35. The maximum absolute atomic E-state index is 12.8. The molecule has 2 aromatic heterocycles. The number of nitrogen functional groups attached to an aromatic ring is 1. The van der Waals surface area contributed by atoms with Gasteiger partial charge in [0.1, 0.15) is 11.7 Å². The highest BCUT2D eigenvalue weighted by Gasteiger charge is 2.31. The molecule has 0 aliphatic carbocycles. The van der Waals surface area contributed by atoms with Crippen LogP contribution in [0.25, 0.3) is 0 Å². The molecule has 3 aromatic rings. The summed E-state index contributed by atoms with van der Waals surface area (Å²) in [6, 6.07) is 4.38. The third kappa shape index (κ3) is 6.88. The molecule has 216 valence electrons. The molecule has 0 saturated carbocycles. The Bertz CT molecular complexity index is 1630. The van der Waals surface area contributed by atoms with E-state index in [-0.39, 0.29) is 48.1 Å². The van der Waals surface area contributed by atoms with Gasteiger partial charge in [0.15, 0.2) is 5.82 Å². The van der Waals surface area contributed by atoms with Crippen LogP contribution in [0, 0.1) is 0 Å². The van der Waals surface area contributed by atoms with Crippen molar-refractivity contribution >= 4 is 41.0 Å². The highest BCUT2D eigenvalue weighted by Crippen LogP contribution is 2.28. The van der Waals surface area contributed by atoms with E-state index < -0.39 is 53.2 Å². The summed E-state index contributed by atoms with van der Waals surface area (Å²) in [4.78, 5) is 84.1. The van der Waals surface area contributed by atoms with Gasteiger partial charge < -0.3 is 41.8 Å². The third-order valence-corrected chi connectivity index (χ3v) is 6.32. The number of fused-ring (bicyclic) bond motifs is 1.